The normalized spacial score (nSPS) is 23.9. The first kappa shape index (κ1) is 11.7. The summed E-state index contributed by atoms with van der Waals surface area (Å²) in [6.07, 6.45) is 6.16. The van der Waals surface area contributed by atoms with Gasteiger partial charge in [-0.25, -0.2) is 4.98 Å². The molecule has 1 aromatic rings. The van der Waals surface area contributed by atoms with Gasteiger partial charge in [0.2, 0.25) is 0 Å². The maximum Gasteiger partial charge on any atom is 0.273 e. The van der Waals surface area contributed by atoms with Crippen LogP contribution in [0.1, 0.15) is 48.0 Å². The SMILES string of the molecule is O=C(NCC1CC1)c1coc(C2CCCNC2)n1. The van der Waals surface area contributed by atoms with Crippen molar-refractivity contribution in [1.82, 2.24) is 15.6 Å². The van der Waals surface area contributed by atoms with Gasteiger partial charge in [0.15, 0.2) is 11.6 Å². The van der Waals surface area contributed by atoms with Gasteiger partial charge in [-0.15, -0.1) is 0 Å². The van der Waals surface area contributed by atoms with Crippen molar-refractivity contribution in [3.05, 3.63) is 17.8 Å². The fourth-order valence-corrected chi connectivity index (χ4v) is 2.29. The van der Waals surface area contributed by atoms with E-state index in [4.69, 9.17) is 4.42 Å². The Kier molecular flexibility index (Phi) is 3.32. The van der Waals surface area contributed by atoms with Gasteiger partial charge in [0.1, 0.15) is 6.26 Å². The minimum Gasteiger partial charge on any atom is -0.448 e. The molecule has 1 unspecified atom stereocenters. The van der Waals surface area contributed by atoms with Gasteiger partial charge in [0.25, 0.3) is 5.91 Å². The number of oxazole rings is 1. The standard InChI is InChI=1S/C13H19N3O2/c17-12(15-6-9-3-4-9)11-8-18-13(16-11)10-2-1-5-14-7-10/h8-10,14H,1-7H2,(H,15,17). The molecule has 1 saturated carbocycles. The van der Waals surface area contributed by atoms with E-state index in [9.17, 15) is 4.79 Å². The summed E-state index contributed by atoms with van der Waals surface area (Å²) in [5.74, 6) is 1.58. The summed E-state index contributed by atoms with van der Waals surface area (Å²) in [7, 11) is 0. The Hall–Kier alpha value is -1.36. The molecule has 3 rings (SSSR count). The van der Waals surface area contributed by atoms with E-state index in [0.717, 1.165) is 32.5 Å². The van der Waals surface area contributed by atoms with Gasteiger partial charge in [0.05, 0.1) is 0 Å². The molecule has 2 heterocycles. The van der Waals surface area contributed by atoms with Crippen LogP contribution < -0.4 is 10.6 Å². The molecule has 2 fully saturated rings. The Morgan fingerprint density at radius 2 is 2.39 bits per heavy atom. The molecule has 5 heteroatoms. The summed E-state index contributed by atoms with van der Waals surface area (Å²) in [4.78, 5) is 16.1. The summed E-state index contributed by atoms with van der Waals surface area (Å²) in [5.41, 5.74) is 0.413. The predicted molar refractivity (Wildman–Crippen MR) is 66.4 cm³/mol. The van der Waals surface area contributed by atoms with Gasteiger partial charge >= 0.3 is 0 Å². The lowest BCUT2D eigenvalue weighted by Crippen LogP contribution is -2.29. The average molecular weight is 249 g/mol. The number of hydrogen-bond acceptors (Lipinski definition) is 4. The van der Waals surface area contributed by atoms with Crippen LogP contribution in [0.15, 0.2) is 10.7 Å². The lowest BCUT2D eigenvalue weighted by molar-refractivity contribution is 0.0946. The highest BCUT2D eigenvalue weighted by atomic mass is 16.3. The van der Waals surface area contributed by atoms with E-state index >= 15 is 0 Å². The van der Waals surface area contributed by atoms with Crippen molar-refractivity contribution in [2.45, 2.75) is 31.6 Å². The van der Waals surface area contributed by atoms with Crippen LogP contribution in [-0.4, -0.2) is 30.5 Å². The maximum atomic E-state index is 11.8. The second kappa shape index (κ2) is 5.10. The fraction of sp³-hybridized carbons (Fsp3) is 0.692. The van der Waals surface area contributed by atoms with E-state index in [2.05, 4.69) is 15.6 Å². The first-order valence-corrected chi connectivity index (χ1v) is 6.77. The summed E-state index contributed by atoms with van der Waals surface area (Å²) in [6.45, 7) is 2.72. The third-order valence-electron chi connectivity index (χ3n) is 3.65. The predicted octanol–water partition coefficient (Wildman–Crippen LogP) is 1.28. The number of aromatic nitrogens is 1. The highest BCUT2D eigenvalue weighted by Gasteiger charge is 2.24. The average Bonchev–Trinajstić information content (AvgIpc) is 3.11. The Morgan fingerprint density at radius 3 is 3.11 bits per heavy atom. The zero-order valence-electron chi connectivity index (χ0n) is 10.4. The van der Waals surface area contributed by atoms with Crippen molar-refractivity contribution in [2.75, 3.05) is 19.6 Å². The molecule has 1 aliphatic carbocycles. The zero-order chi connectivity index (χ0) is 12.4. The molecule has 18 heavy (non-hydrogen) atoms. The first-order valence-electron chi connectivity index (χ1n) is 6.77. The van der Waals surface area contributed by atoms with Crippen molar-refractivity contribution < 1.29 is 9.21 Å². The summed E-state index contributed by atoms with van der Waals surface area (Å²) in [5, 5.41) is 6.22. The van der Waals surface area contributed by atoms with E-state index in [1.165, 1.54) is 19.1 Å². The van der Waals surface area contributed by atoms with Crippen molar-refractivity contribution in [3.8, 4) is 0 Å². The van der Waals surface area contributed by atoms with E-state index in [-0.39, 0.29) is 5.91 Å². The number of amides is 1. The van der Waals surface area contributed by atoms with Crippen molar-refractivity contribution in [3.63, 3.8) is 0 Å². The number of nitrogens with one attached hydrogen (secondary N) is 2. The van der Waals surface area contributed by atoms with Crippen LogP contribution >= 0.6 is 0 Å². The van der Waals surface area contributed by atoms with Gasteiger partial charge in [0, 0.05) is 19.0 Å². The zero-order valence-corrected chi connectivity index (χ0v) is 10.4. The molecule has 2 aliphatic rings. The molecule has 1 amide bonds. The summed E-state index contributed by atoms with van der Waals surface area (Å²) in [6, 6.07) is 0. The molecule has 0 aromatic carbocycles. The first-order chi connectivity index (χ1) is 8.83. The van der Waals surface area contributed by atoms with Gasteiger partial charge in [-0.05, 0) is 38.1 Å². The van der Waals surface area contributed by atoms with Gasteiger partial charge in [-0.3, -0.25) is 4.79 Å². The minimum absolute atomic E-state index is 0.110. The number of carbonyl (C=O) groups is 1. The Morgan fingerprint density at radius 1 is 1.50 bits per heavy atom. The van der Waals surface area contributed by atoms with E-state index < -0.39 is 0 Å². The second-order valence-corrected chi connectivity index (χ2v) is 5.27. The number of piperidine rings is 1. The van der Waals surface area contributed by atoms with Gasteiger partial charge in [-0.2, -0.15) is 0 Å². The molecular weight excluding hydrogens is 230 g/mol. The van der Waals surface area contributed by atoms with Crippen molar-refractivity contribution in [1.29, 1.82) is 0 Å². The minimum atomic E-state index is -0.110. The van der Waals surface area contributed by atoms with Crippen LogP contribution in [0.5, 0.6) is 0 Å². The largest absolute Gasteiger partial charge is 0.448 e. The lowest BCUT2D eigenvalue weighted by atomic mass is 10.00. The molecule has 2 N–H and O–H groups in total. The van der Waals surface area contributed by atoms with Crippen LogP contribution in [0, 0.1) is 5.92 Å². The third kappa shape index (κ3) is 2.72. The molecule has 0 bridgehead atoms. The fourth-order valence-electron chi connectivity index (χ4n) is 2.29. The van der Waals surface area contributed by atoms with Crippen molar-refractivity contribution >= 4 is 5.91 Å². The second-order valence-electron chi connectivity index (χ2n) is 5.27. The molecule has 5 nitrogen and oxygen atoms in total. The molecule has 98 valence electrons. The number of nitrogens with zero attached hydrogens (tertiary/aromatic N) is 1. The molecular formula is C13H19N3O2. The van der Waals surface area contributed by atoms with Crippen LogP contribution in [0.25, 0.3) is 0 Å². The van der Waals surface area contributed by atoms with E-state index in [1.54, 1.807) is 0 Å². The third-order valence-corrected chi connectivity index (χ3v) is 3.65. The maximum absolute atomic E-state index is 11.8. The smallest absolute Gasteiger partial charge is 0.273 e. The Bertz CT molecular complexity index is 420. The highest BCUT2D eigenvalue weighted by molar-refractivity contribution is 5.91. The summed E-state index contributed by atoms with van der Waals surface area (Å²) < 4.78 is 5.44. The highest BCUT2D eigenvalue weighted by Crippen LogP contribution is 2.27. The molecule has 1 aliphatic heterocycles. The number of rotatable bonds is 4. The van der Waals surface area contributed by atoms with Crippen LogP contribution in [0.3, 0.4) is 0 Å². The summed E-state index contributed by atoms with van der Waals surface area (Å²) >= 11 is 0. The number of hydrogen-bond donors (Lipinski definition) is 2. The lowest BCUT2D eigenvalue weighted by Gasteiger charge is -2.19. The van der Waals surface area contributed by atoms with Crippen molar-refractivity contribution in [2.24, 2.45) is 5.92 Å². The van der Waals surface area contributed by atoms with Crippen LogP contribution in [0.2, 0.25) is 0 Å². The molecule has 0 spiro atoms. The van der Waals surface area contributed by atoms with E-state index in [1.807, 2.05) is 0 Å². The topological polar surface area (TPSA) is 67.2 Å². The Balaban J connectivity index is 1.58. The number of carbonyl (C=O) groups excluding carboxylic acids is 1. The van der Waals surface area contributed by atoms with Crippen LogP contribution in [0.4, 0.5) is 0 Å². The Labute approximate surface area is 106 Å². The molecule has 0 radical (unpaired) electrons. The van der Waals surface area contributed by atoms with Crippen LogP contribution in [-0.2, 0) is 0 Å². The molecule has 1 aromatic heterocycles. The van der Waals surface area contributed by atoms with Gasteiger partial charge < -0.3 is 15.1 Å². The van der Waals surface area contributed by atoms with Gasteiger partial charge in [-0.1, -0.05) is 0 Å². The molecule has 1 saturated heterocycles. The molecule has 1 atom stereocenters. The monoisotopic (exact) mass is 249 g/mol. The quantitative estimate of drug-likeness (QED) is 0.843. The van der Waals surface area contributed by atoms with E-state index in [0.29, 0.717) is 23.4 Å².